The van der Waals surface area contributed by atoms with Gasteiger partial charge in [-0.3, -0.25) is 4.52 Å². The van der Waals surface area contributed by atoms with Crippen molar-refractivity contribution in [1.82, 2.24) is 0 Å². The first-order valence-electron chi connectivity index (χ1n) is 2.87. The Morgan fingerprint density at radius 1 is 1.69 bits per heavy atom. The Labute approximate surface area is 98.1 Å². The fourth-order valence-corrected chi connectivity index (χ4v) is 0.505. The monoisotopic (exact) mass is 220 g/mol. The van der Waals surface area contributed by atoms with Gasteiger partial charge in [-0.2, -0.15) is 0 Å². The van der Waals surface area contributed by atoms with Gasteiger partial charge in [-0.1, -0.05) is 6.58 Å². The molecule has 0 bridgehead atoms. The Bertz CT molecular complexity index is 187. The SMILES string of the molecule is C=CC(=O)[O-].CCOP(=O)(O)O.[Na+]. The molecule has 0 heterocycles. The first kappa shape index (κ1) is 19.0. The normalized spacial score (nSPS) is 8.85. The summed E-state index contributed by atoms with van der Waals surface area (Å²) in [6, 6.07) is 0. The van der Waals surface area contributed by atoms with E-state index in [1.165, 1.54) is 6.92 Å². The van der Waals surface area contributed by atoms with Gasteiger partial charge in [-0.05, 0) is 13.0 Å². The van der Waals surface area contributed by atoms with Gasteiger partial charge in [0.1, 0.15) is 0 Å². The predicted molar refractivity (Wildman–Crippen MR) is 38.9 cm³/mol. The molecule has 0 aliphatic rings. The van der Waals surface area contributed by atoms with Crippen molar-refractivity contribution in [2.45, 2.75) is 6.92 Å². The molecule has 0 unspecified atom stereocenters. The number of carbonyl (C=O) groups excluding carboxylic acids is 1. The van der Waals surface area contributed by atoms with E-state index in [4.69, 9.17) is 19.7 Å². The molecule has 72 valence electrons. The van der Waals surface area contributed by atoms with Crippen molar-refractivity contribution >= 4 is 13.8 Å². The van der Waals surface area contributed by atoms with Crippen LogP contribution >= 0.6 is 7.82 Å². The fourth-order valence-electron chi connectivity index (χ4n) is 0.168. The minimum absolute atomic E-state index is 0. The summed E-state index contributed by atoms with van der Waals surface area (Å²) in [5, 5.41) is 9.14. The molecule has 0 aromatic rings. The number of hydrogen-bond acceptors (Lipinski definition) is 4. The van der Waals surface area contributed by atoms with E-state index in [0.717, 1.165) is 6.08 Å². The van der Waals surface area contributed by atoms with E-state index in [0.29, 0.717) is 0 Å². The molecule has 0 amide bonds. The maximum Gasteiger partial charge on any atom is 1.00 e. The van der Waals surface area contributed by atoms with Crippen LogP contribution in [0.15, 0.2) is 12.7 Å². The van der Waals surface area contributed by atoms with Crippen molar-refractivity contribution in [3.05, 3.63) is 12.7 Å². The van der Waals surface area contributed by atoms with Crippen molar-refractivity contribution in [1.29, 1.82) is 0 Å². The number of carboxylic acids is 1. The molecule has 0 aliphatic heterocycles. The van der Waals surface area contributed by atoms with E-state index in [9.17, 15) is 4.57 Å². The van der Waals surface area contributed by atoms with Crippen molar-refractivity contribution in [2.75, 3.05) is 6.61 Å². The van der Waals surface area contributed by atoms with Crippen LogP contribution < -0.4 is 34.7 Å². The van der Waals surface area contributed by atoms with Crippen molar-refractivity contribution in [3.8, 4) is 0 Å². The Morgan fingerprint density at radius 2 is 2.00 bits per heavy atom. The molecule has 0 aromatic heterocycles. The molecular formula is C5H10NaO6P. The second-order valence-corrected chi connectivity index (χ2v) is 2.67. The van der Waals surface area contributed by atoms with Gasteiger partial charge in [-0.25, -0.2) is 4.57 Å². The van der Waals surface area contributed by atoms with Gasteiger partial charge in [0, 0.05) is 0 Å². The van der Waals surface area contributed by atoms with Gasteiger partial charge >= 0.3 is 37.4 Å². The van der Waals surface area contributed by atoms with Gasteiger partial charge in [0.15, 0.2) is 0 Å². The molecule has 0 aromatic carbocycles. The fraction of sp³-hybridized carbons (Fsp3) is 0.400. The quantitative estimate of drug-likeness (QED) is 0.285. The molecule has 2 N–H and O–H groups in total. The molecule has 0 rings (SSSR count). The van der Waals surface area contributed by atoms with Gasteiger partial charge in [0.05, 0.1) is 12.6 Å². The van der Waals surface area contributed by atoms with Crippen LogP contribution in [0.2, 0.25) is 0 Å². The summed E-state index contributed by atoms with van der Waals surface area (Å²) < 4.78 is 13.6. The van der Waals surface area contributed by atoms with Crippen LogP contribution in [0.1, 0.15) is 6.92 Å². The van der Waals surface area contributed by atoms with Crippen LogP contribution in [0.3, 0.4) is 0 Å². The summed E-state index contributed by atoms with van der Waals surface area (Å²) in [4.78, 5) is 25.0. The van der Waals surface area contributed by atoms with E-state index in [1.54, 1.807) is 0 Å². The summed E-state index contributed by atoms with van der Waals surface area (Å²) in [7, 11) is -4.17. The summed E-state index contributed by atoms with van der Waals surface area (Å²) in [6.45, 7) is 4.46. The smallest absolute Gasteiger partial charge is 0.545 e. The van der Waals surface area contributed by atoms with Gasteiger partial charge < -0.3 is 19.7 Å². The first-order valence-corrected chi connectivity index (χ1v) is 4.40. The average Bonchev–Trinajstić information content (AvgIpc) is 1.86. The molecule has 8 heteroatoms. The standard InChI is InChI=1S/C3H4O2.C2H7O4P.Na/c1-2-3(4)5;1-2-6-7(3,4)5;/h2H,1H2,(H,4,5);2H2,1H3,(H2,3,4,5);/q;;+1/p-1. The minimum Gasteiger partial charge on any atom is -0.545 e. The second-order valence-electron chi connectivity index (χ2n) is 1.43. The average molecular weight is 220 g/mol. The largest absolute Gasteiger partial charge is 1.00 e. The second kappa shape index (κ2) is 10.4. The summed E-state index contributed by atoms with van der Waals surface area (Å²) in [5.74, 6) is -1.23. The van der Waals surface area contributed by atoms with Gasteiger partial charge in [-0.15, -0.1) is 0 Å². The number of carboxylic acid groups (broad SMARTS) is 1. The van der Waals surface area contributed by atoms with E-state index < -0.39 is 13.8 Å². The zero-order chi connectivity index (χ0) is 10.2. The zero-order valence-electron chi connectivity index (χ0n) is 7.47. The number of rotatable bonds is 3. The third kappa shape index (κ3) is 32.9. The van der Waals surface area contributed by atoms with Crippen molar-refractivity contribution in [2.24, 2.45) is 0 Å². The van der Waals surface area contributed by atoms with E-state index in [1.807, 2.05) is 0 Å². The Balaban J connectivity index is -0.000000150. The van der Waals surface area contributed by atoms with Crippen LogP contribution in [0.4, 0.5) is 0 Å². The maximum atomic E-state index is 9.70. The van der Waals surface area contributed by atoms with E-state index >= 15 is 0 Å². The number of phosphoric acid groups is 1. The Morgan fingerprint density at radius 3 is 2.00 bits per heavy atom. The number of carbonyl (C=O) groups is 1. The molecule has 0 saturated heterocycles. The van der Waals surface area contributed by atoms with Gasteiger partial charge in [0.25, 0.3) is 0 Å². The predicted octanol–water partition coefficient (Wildman–Crippen LogP) is -3.96. The number of phosphoric ester groups is 1. The molecular weight excluding hydrogens is 210 g/mol. The molecule has 6 nitrogen and oxygen atoms in total. The number of aliphatic carboxylic acids is 1. The van der Waals surface area contributed by atoms with Crippen molar-refractivity contribution in [3.63, 3.8) is 0 Å². The summed E-state index contributed by atoms with van der Waals surface area (Å²) in [5.41, 5.74) is 0. The van der Waals surface area contributed by atoms with Crippen LogP contribution in [-0.2, 0) is 13.9 Å². The molecule has 0 spiro atoms. The molecule has 0 fully saturated rings. The molecule has 0 radical (unpaired) electrons. The van der Waals surface area contributed by atoms with E-state index in [-0.39, 0.29) is 36.2 Å². The Kier molecular flexibility index (Phi) is 15.2. The number of hydrogen-bond donors (Lipinski definition) is 2. The maximum absolute atomic E-state index is 9.70. The minimum atomic E-state index is -4.17. The summed E-state index contributed by atoms with van der Waals surface area (Å²) >= 11 is 0. The van der Waals surface area contributed by atoms with E-state index in [2.05, 4.69) is 11.1 Å². The molecule has 0 saturated carbocycles. The van der Waals surface area contributed by atoms with Crippen molar-refractivity contribution < 1.29 is 58.3 Å². The molecule has 13 heavy (non-hydrogen) atoms. The third-order valence-electron chi connectivity index (χ3n) is 0.464. The van der Waals surface area contributed by atoms with Crippen LogP contribution in [0.25, 0.3) is 0 Å². The van der Waals surface area contributed by atoms with Crippen LogP contribution in [0.5, 0.6) is 0 Å². The zero-order valence-corrected chi connectivity index (χ0v) is 10.4. The van der Waals surface area contributed by atoms with Crippen LogP contribution in [0, 0.1) is 0 Å². The van der Waals surface area contributed by atoms with Gasteiger partial charge in [0.2, 0.25) is 0 Å². The summed E-state index contributed by atoms with van der Waals surface area (Å²) in [6.07, 6.45) is 0.722. The van der Waals surface area contributed by atoms with Crippen LogP contribution in [-0.4, -0.2) is 22.4 Å². The topological polar surface area (TPSA) is 107 Å². The first-order chi connectivity index (χ1) is 5.33. The molecule has 0 atom stereocenters. The third-order valence-corrected chi connectivity index (χ3v) is 1.06. The molecule has 0 aliphatic carbocycles. The Hall–Kier alpha value is 0.320.